The maximum absolute atomic E-state index is 12.3. The smallest absolute Gasteiger partial charge is 0.259 e. The van der Waals surface area contributed by atoms with E-state index in [-0.39, 0.29) is 16.9 Å². The van der Waals surface area contributed by atoms with Gasteiger partial charge < -0.3 is 15.2 Å². The van der Waals surface area contributed by atoms with E-state index in [0.29, 0.717) is 5.92 Å². The largest absolute Gasteiger partial charge is 0.364 e. The lowest BCUT2D eigenvalue weighted by Gasteiger charge is -2.31. The number of hydrogen-bond donors (Lipinski definition) is 2. The van der Waals surface area contributed by atoms with Gasteiger partial charge in [-0.3, -0.25) is 9.59 Å². The Bertz CT molecular complexity index is 502. The van der Waals surface area contributed by atoms with Crippen molar-refractivity contribution in [3.05, 3.63) is 33.7 Å². The molecule has 2 heterocycles. The van der Waals surface area contributed by atoms with Crippen molar-refractivity contribution in [1.29, 1.82) is 0 Å². The molecule has 1 amide bonds. The molecule has 104 valence electrons. The van der Waals surface area contributed by atoms with Crippen LogP contribution in [0.3, 0.4) is 0 Å². The lowest BCUT2D eigenvalue weighted by Crippen LogP contribution is -2.41. The number of aromatic amines is 1. The van der Waals surface area contributed by atoms with Crippen LogP contribution in [0.5, 0.6) is 0 Å². The van der Waals surface area contributed by atoms with Crippen LogP contribution >= 0.6 is 0 Å². The average molecular weight is 263 g/mol. The molecule has 1 saturated heterocycles. The third kappa shape index (κ3) is 3.23. The summed E-state index contributed by atoms with van der Waals surface area (Å²) < 4.78 is 0. The first-order valence-corrected chi connectivity index (χ1v) is 6.75. The fraction of sp³-hybridized carbons (Fsp3) is 0.571. The van der Waals surface area contributed by atoms with Gasteiger partial charge in [-0.15, -0.1) is 0 Å². The second-order valence-electron chi connectivity index (χ2n) is 5.19. The molecule has 0 atom stereocenters. The summed E-state index contributed by atoms with van der Waals surface area (Å²) in [5.41, 5.74) is 0.825. The van der Waals surface area contributed by atoms with E-state index in [0.717, 1.165) is 38.2 Å². The van der Waals surface area contributed by atoms with Crippen molar-refractivity contribution in [3.63, 3.8) is 0 Å². The molecule has 1 aliphatic rings. The Labute approximate surface area is 113 Å². The highest BCUT2D eigenvalue weighted by molar-refractivity contribution is 5.93. The summed E-state index contributed by atoms with van der Waals surface area (Å²) >= 11 is 0. The monoisotopic (exact) mass is 263 g/mol. The molecule has 1 aromatic heterocycles. The van der Waals surface area contributed by atoms with Crippen molar-refractivity contribution >= 4 is 5.91 Å². The highest BCUT2D eigenvalue weighted by atomic mass is 16.2. The van der Waals surface area contributed by atoms with E-state index in [1.54, 1.807) is 11.8 Å². The van der Waals surface area contributed by atoms with Gasteiger partial charge in [-0.2, -0.15) is 0 Å². The van der Waals surface area contributed by atoms with Crippen molar-refractivity contribution in [2.24, 2.45) is 5.92 Å². The van der Waals surface area contributed by atoms with E-state index in [2.05, 4.69) is 10.3 Å². The van der Waals surface area contributed by atoms with E-state index in [4.69, 9.17) is 0 Å². The summed E-state index contributed by atoms with van der Waals surface area (Å²) in [6, 6.07) is 1.47. The first-order chi connectivity index (χ1) is 9.11. The lowest BCUT2D eigenvalue weighted by atomic mass is 9.96. The van der Waals surface area contributed by atoms with Crippen molar-refractivity contribution < 1.29 is 4.79 Å². The van der Waals surface area contributed by atoms with Crippen molar-refractivity contribution in [3.8, 4) is 0 Å². The van der Waals surface area contributed by atoms with Gasteiger partial charge in [-0.25, -0.2) is 0 Å². The van der Waals surface area contributed by atoms with Crippen molar-refractivity contribution in [2.45, 2.75) is 19.8 Å². The predicted octanol–water partition coefficient (Wildman–Crippen LogP) is 0.755. The molecule has 19 heavy (non-hydrogen) atoms. The summed E-state index contributed by atoms with van der Waals surface area (Å²) in [7, 11) is 1.95. The molecular weight excluding hydrogens is 242 g/mol. The molecule has 5 nitrogen and oxygen atoms in total. The summed E-state index contributed by atoms with van der Waals surface area (Å²) in [5, 5.41) is 3.17. The first kappa shape index (κ1) is 13.8. The molecule has 0 aliphatic carbocycles. The molecule has 1 aliphatic heterocycles. The zero-order valence-corrected chi connectivity index (χ0v) is 11.5. The molecule has 0 aromatic carbocycles. The number of hydrogen-bond acceptors (Lipinski definition) is 3. The van der Waals surface area contributed by atoms with Crippen LogP contribution in [0.4, 0.5) is 0 Å². The number of piperidine rings is 1. The SMILES string of the molecule is CNCC1CCN(C(=O)c2c[nH]c(C)cc2=O)CC1. The van der Waals surface area contributed by atoms with E-state index in [1.807, 2.05) is 7.05 Å². The zero-order valence-electron chi connectivity index (χ0n) is 11.5. The quantitative estimate of drug-likeness (QED) is 0.846. The topological polar surface area (TPSA) is 65.2 Å². The van der Waals surface area contributed by atoms with Crippen LogP contribution in [-0.2, 0) is 0 Å². The second kappa shape index (κ2) is 6.02. The molecule has 2 rings (SSSR count). The van der Waals surface area contributed by atoms with Gasteiger partial charge in [0.25, 0.3) is 5.91 Å². The number of nitrogens with zero attached hydrogens (tertiary/aromatic N) is 1. The number of aryl methyl sites for hydroxylation is 1. The Morgan fingerprint density at radius 2 is 2.16 bits per heavy atom. The number of likely N-dealkylation sites (tertiary alicyclic amines) is 1. The Balaban J connectivity index is 2.03. The maximum atomic E-state index is 12.3. The minimum Gasteiger partial charge on any atom is -0.364 e. The number of aromatic nitrogens is 1. The van der Waals surface area contributed by atoms with Gasteiger partial charge in [0.1, 0.15) is 5.56 Å². The number of nitrogens with one attached hydrogen (secondary N) is 2. The van der Waals surface area contributed by atoms with E-state index >= 15 is 0 Å². The predicted molar refractivity (Wildman–Crippen MR) is 74.4 cm³/mol. The van der Waals surface area contributed by atoms with Crippen molar-refractivity contribution in [2.75, 3.05) is 26.7 Å². The van der Waals surface area contributed by atoms with Gasteiger partial charge in [0.15, 0.2) is 5.43 Å². The Hall–Kier alpha value is -1.62. The minimum absolute atomic E-state index is 0.149. The van der Waals surface area contributed by atoms with Crippen LogP contribution in [0.1, 0.15) is 28.9 Å². The van der Waals surface area contributed by atoms with Crippen LogP contribution in [0.25, 0.3) is 0 Å². The van der Waals surface area contributed by atoms with Gasteiger partial charge in [0.05, 0.1) is 0 Å². The molecule has 1 fully saturated rings. The molecule has 0 saturated carbocycles. The third-order valence-electron chi connectivity index (χ3n) is 3.68. The zero-order chi connectivity index (χ0) is 13.8. The van der Waals surface area contributed by atoms with E-state index < -0.39 is 0 Å². The first-order valence-electron chi connectivity index (χ1n) is 6.75. The standard InChI is InChI=1S/C14H21N3O2/c1-10-7-13(18)12(9-16-10)14(19)17-5-3-11(4-6-17)8-15-2/h7,9,11,15H,3-6,8H2,1-2H3,(H,16,18). The van der Waals surface area contributed by atoms with Gasteiger partial charge in [0, 0.05) is 31.0 Å². The van der Waals surface area contributed by atoms with Crippen LogP contribution in [0, 0.1) is 12.8 Å². The summed E-state index contributed by atoms with van der Waals surface area (Å²) in [6.07, 6.45) is 3.52. The van der Waals surface area contributed by atoms with Gasteiger partial charge in [-0.1, -0.05) is 0 Å². The summed E-state index contributed by atoms with van der Waals surface area (Å²) in [5.74, 6) is 0.481. The molecule has 2 N–H and O–H groups in total. The van der Waals surface area contributed by atoms with Crippen LogP contribution in [0.2, 0.25) is 0 Å². The van der Waals surface area contributed by atoms with E-state index in [1.165, 1.54) is 12.3 Å². The third-order valence-corrected chi connectivity index (χ3v) is 3.68. The highest BCUT2D eigenvalue weighted by Crippen LogP contribution is 2.17. The number of amides is 1. The molecule has 0 radical (unpaired) electrons. The Morgan fingerprint density at radius 1 is 1.47 bits per heavy atom. The second-order valence-corrected chi connectivity index (χ2v) is 5.19. The van der Waals surface area contributed by atoms with Crippen LogP contribution < -0.4 is 10.7 Å². The molecule has 0 unspecified atom stereocenters. The van der Waals surface area contributed by atoms with Crippen molar-refractivity contribution in [1.82, 2.24) is 15.2 Å². The number of H-pyrrole nitrogens is 1. The number of carbonyl (C=O) groups excluding carboxylic acids is 1. The van der Waals surface area contributed by atoms with Crippen LogP contribution in [0.15, 0.2) is 17.1 Å². The minimum atomic E-state index is -0.196. The van der Waals surface area contributed by atoms with Gasteiger partial charge >= 0.3 is 0 Å². The van der Waals surface area contributed by atoms with Gasteiger partial charge in [0.2, 0.25) is 0 Å². The average Bonchev–Trinajstić information content (AvgIpc) is 2.39. The lowest BCUT2D eigenvalue weighted by molar-refractivity contribution is 0.0689. The number of carbonyl (C=O) groups is 1. The van der Waals surface area contributed by atoms with Crippen LogP contribution in [-0.4, -0.2) is 42.5 Å². The highest BCUT2D eigenvalue weighted by Gasteiger charge is 2.24. The molecule has 5 heteroatoms. The van der Waals surface area contributed by atoms with Gasteiger partial charge in [-0.05, 0) is 39.3 Å². The molecule has 0 bridgehead atoms. The number of pyridine rings is 1. The Morgan fingerprint density at radius 3 is 2.74 bits per heavy atom. The maximum Gasteiger partial charge on any atom is 0.259 e. The molecular formula is C14H21N3O2. The fourth-order valence-electron chi connectivity index (χ4n) is 2.54. The number of rotatable bonds is 3. The molecule has 0 spiro atoms. The molecule has 1 aromatic rings. The summed E-state index contributed by atoms with van der Waals surface area (Å²) in [4.78, 5) is 28.8. The fourth-order valence-corrected chi connectivity index (χ4v) is 2.54. The normalized spacial score (nSPS) is 16.6. The Kier molecular flexibility index (Phi) is 4.37. The summed E-state index contributed by atoms with van der Waals surface area (Å²) in [6.45, 7) is 4.27. The van der Waals surface area contributed by atoms with E-state index in [9.17, 15) is 9.59 Å².